The smallest absolute Gasteiger partial charge is 0.394 e. The lowest BCUT2D eigenvalue weighted by atomic mass is 9.86. The van der Waals surface area contributed by atoms with E-state index in [2.05, 4.69) is 95.7 Å². The van der Waals surface area contributed by atoms with Crippen molar-refractivity contribution in [1.82, 2.24) is 4.90 Å². The van der Waals surface area contributed by atoms with E-state index in [1.165, 1.54) is 11.1 Å². The zero-order valence-electron chi connectivity index (χ0n) is 29.8. The van der Waals surface area contributed by atoms with E-state index < -0.39 is 6.11 Å². The number of alkyl halides is 2. The van der Waals surface area contributed by atoms with Crippen LogP contribution in [-0.2, 0) is 16.6 Å². The normalized spacial score (nSPS) is 12.7. The molecular weight excluding hydrogens is 552 g/mol. The zero-order chi connectivity index (χ0) is 34.5. The molecule has 0 aromatic heterocycles. The predicted molar refractivity (Wildman–Crippen MR) is 188 cm³/mol. The van der Waals surface area contributed by atoms with Crippen LogP contribution in [0.25, 0.3) is 0 Å². The summed E-state index contributed by atoms with van der Waals surface area (Å²) < 4.78 is 29.3. The summed E-state index contributed by atoms with van der Waals surface area (Å²) in [6, 6.07) is 15.9. The molecule has 44 heavy (non-hydrogen) atoms. The Bertz CT molecular complexity index is 1090. The maximum absolute atomic E-state index is 12.4. The summed E-state index contributed by atoms with van der Waals surface area (Å²) in [5.74, 6) is 0.467. The molecule has 0 N–H and O–H groups in total. The van der Waals surface area contributed by atoms with E-state index in [4.69, 9.17) is 0 Å². The van der Waals surface area contributed by atoms with Gasteiger partial charge in [0, 0.05) is 13.0 Å². The number of allylic oxidation sites excluding steroid dienone is 4. The first-order valence-electron chi connectivity index (χ1n) is 15.9. The van der Waals surface area contributed by atoms with Gasteiger partial charge in [0.15, 0.2) is 0 Å². The molecule has 2 aromatic carbocycles. The molecule has 2 aromatic rings. The number of carbonyl (C=O) groups excluding carboxylic acids is 1. The third kappa shape index (κ3) is 18.6. The summed E-state index contributed by atoms with van der Waals surface area (Å²) in [5.41, 5.74) is 5.08. The van der Waals surface area contributed by atoms with Crippen molar-refractivity contribution >= 4 is 5.78 Å². The second-order valence-corrected chi connectivity index (χ2v) is 11.8. The molecule has 0 aliphatic carbocycles. The van der Waals surface area contributed by atoms with Crippen LogP contribution < -0.4 is 4.74 Å². The summed E-state index contributed by atoms with van der Waals surface area (Å²) in [6.07, 6.45) is 6.31. The number of halogens is 2. The van der Waals surface area contributed by atoms with Crippen LogP contribution in [0, 0.1) is 0 Å². The summed E-state index contributed by atoms with van der Waals surface area (Å²) in [4.78, 5) is 14.1. The first-order valence-corrected chi connectivity index (χ1v) is 15.9. The van der Waals surface area contributed by atoms with Gasteiger partial charge in [-0.15, -0.1) is 0 Å². The van der Waals surface area contributed by atoms with Crippen LogP contribution in [0.3, 0.4) is 0 Å². The predicted octanol–water partition coefficient (Wildman–Crippen LogP) is 11.7. The van der Waals surface area contributed by atoms with Gasteiger partial charge in [0.25, 0.3) is 0 Å². The second-order valence-electron chi connectivity index (χ2n) is 11.8. The lowest BCUT2D eigenvalue weighted by Crippen LogP contribution is -2.38. The van der Waals surface area contributed by atoms with Crippen LogP contribution in [0.4, 0.5) is 8.78 Å². The van der Waals surface area contributed by atoms with Gasteiger partial charge in [0.1, 0.15) is 11.5 Å². The molecule has 0 spiro atoms. The highest BCUT2D eigenvalue weighted by atomic mass is 19.3. The molecule has 0 bridgehead atoms. The highest BCUT2D eigenvalue weighted by Crippen LogP contribution is 2.27. The number of benzene rings is 2. The Labute approximate surface area is 269 Å². The monoisotopic (exact) mass is 613 g/mol. The molecule has 0 saturated heterocycles. The van der Waals surface area contributed by atoms with Crippen molar-refractivity contribution in [2.24, 2.45) is 0 Å². The Kier molecular flexibility index (Phi) is 22.0. The number of hydrogen-bond donors (Lipinski definition) is 0. The molecule has 2 rings (SSSR count). The molecule has 248 valence electrons. The molecule has 0 unspecified atom stereocenters. The minimum Gasteiger partial charge on any atom is -0.433 e. The highest BCUT2D eigenvalue weighted by Gasteiger charge is 2.24. The Hall–Kier alpha value is -3.05. The molecule has 2 atom stereocenters. The topological polar surface area (TPSA) is 29.5 Å². The maximum Gasteiger partial charge on any atom is 0.394 e. The highest BCUT2D eigenvalue weighted by molar-refractivity contribution is 5.81. The number of nitrogens with zero attached hydrogens (tertiary/aromatic N) is 1. The van der Waals surface area contributed by atoms with Crippen molar-refractivity contribution in [3.63, 3.8) is 0 Å². The number of hydrogen-bond acceptors (Lipinski definition) is 3. The van der Waals surface area contributed by atoms with Crippen molar-refractivity contribution in [1.29, 1.82) is 0 Å². The van der Waals surface area contributed by atoms with E-state index in [-0.39, 0.29) is 29.0 Å². The third-order valence-corrected chi connectivity index (χ3v) is 6.85. The van der Waals surface area contributed by atoms with E-state index in [1.54, 1.807) is 31.2 Å². The van der Waals surface area contributed by atoms with E-state index in [0.29, 0.717) is 0 Å². The minimum atomic E-state index is -3.10. The largest absolute Gasteiger partial charge is 0.433 e. The van der Waals surface area contributed by atoms with Crippen molar-refractivity contribution < 1.29 is 18.3 Å². The number of Topliss-reactive ketones (excluding diaryl/α,β-unsaturated/α-hetero) is 1. The Morgan fingerprint density at radius 2 is 1.45 bits per heavy atom. The fourth-order valence-electron chi connectivity index (χ4n) is 4.21. The fraction of sp³-hybridized carbons (Fsp3) is 0.513. The van der Waals surface area contributed by atoms with Gasteiger partial charge in [-0.2, -0.15) is 8.78 Å². The molecule has 0 radical (unpaired) electrons. The minimum absolute atomic E-state index is 0.0206. The lowest BCUT2D eigenvalue weighted by Gasteiger charge is -2.32. The number of ketones is 1. The summed E-state index contributed by atoms with van der Waals surface area (Å²) in [7, 11) is 2.06. The number of aryl methyl sites for hydroxylation is 1. The first kappa shape index (κ1) is 43.1. The number of likely N-dealkylation sites (N-methyl/N-ethyl adjacent to an activating group) is 1. The lowest BCUT2D eigenvalue weighted by molar-refractivity contribution is -0.158. The van der Waals surface area contributed by atoms with Gasteiger partial charge in [0.05, 0.1) is 6.04 Å². The number of carbonyl (C=O) groups is 1. The van der Waals surface area contributed by atoms with Crippen LogP contribution in [-0.4, -0.2) is 29.9 Å². The van der Waals surface area contributed by atoms with Gasteiger partial charge < -0.3 is 4.74 Å². The van der Waals surface area contributed by atoms with Crippen LogP contribution in [0.15, 0.2) is 85.5 Å². The van der Waals surface area contributed by atoms with Crippen LogP contribution in [0.1, 0.15) is 118 Å². The van der Waals surface area contributed by atoms with Crippen LogP contribution in [0.2, 0.25) is 0 Å². The Balaban J connectivity index is 0. The average Bonchev–Trinajstić information content (AvgIpc) is 2.97. The van der Waals surface area contributed by atoms with Crippen molar-refractivity contribution in [3.8, 4) is 5.75 Å². The molecule has 0 fully saturated rings. The molecule has 0 amide bonds. The molecule has 0 saturated carbocycles. The van der Waals surface area contributed by atoms with E-state index >= 15 is 0 Å². The Morgan fingerprint density at radius 1 is 0.932 bits per heavy atom. The van der Waals surface area contributed by atoms with E-state index in [0.717, 1.165) is 43.7 Å². The van der Waals surface area contributed by atoms with E-state index in [9.17, 15) is 13.6 Å². The third-order valence-electron chi connectivity index (χ3n) is 6.85. The molecule has 0 aliphatic heterocycles. The number of ether oxygens (including phenoxy) is 1. The van der Waals surface area contributed by atoms with Crippen molar-refractivity contribution in [2.75, 3.05) is 7.05 Å². The van der Waals surface area contributed by atoms with Gasteiger partial charge in [-0.1, -0.05) is 135 Å². The molecule has 5 heteroatoms. The van der Waals surface area contributed by atoms with Gasteiger partial charge in [0.2, 0.25) is 0 Å². The average molecular weight is 614 g/mol. The summed E-state index contributed by atoms with van der Waals surface area (Å²) in [6.45, 7) is 28.6. The maximum atomic E-state index is 12.4. The summed E-state index contributed by atoms with van der Waals surface area (Å²) >= 11 is 0. The summed E-state index contributed by atoms with van der Waals surface area (Å²) in [5, 5.41) is 0. The Morgan fingerprint density at radius 3 is 1.80 bits per heavy atom. The van der Waals surface area contributed by atoms with Gasteiger partial charge >= 0.3 is 6.11 Å². The standard InChI is InChI=1S/C19H31NO.C11H14F2O.C7H10.C2H6/c1-8-9-18(15(3)21)20(7)14(2)16-10-12-17(13-11-16)19(4,5)6;1-3-4-9-5-7-10(8-6-9)14-11(2,12)13;1-4-6-7(3)5-2;1-2/h10-14,18H,8-9H2,1-7H3;5-8H,3-4H2,1-2H3;4-6H,1-2H2,3H3;1-2H3/b;;7-6-;/t14-,18+;;;/m1.../s1. The van der Waals surface area contributed by atoms with Gasteiger partial charge in [-0.05, 0) is 74.9 Å². The van der Waals surface area contributed by atoms with Gasteiger partial charge in [-0.25, -0.2) is 0 Å². The van der Waals surface area contributed by atoms with Crippen LogP contribution in [0.5, 0.6) is 5.75 Å². The van der Waals surface area contributed by atoms with Crippen molar-refractivity contribution in [3.05, 3.63) is 102 Å². The quantitative estimate of drug-likeness (QED) is 0.223. The SMILES string of the molecule is C=C/C=C(/C)C=C.CC.CCC[C@@H](C(C)=O)N(C)[C@H](C)c1ccc(C(C)(C)C)cc1.CCCc1ccc(OC(C)(F)F)cc1. The van der Waals surface area contributed by atoms with Crippen LogP contribution >= 0.6 is 0 Å². The van der Waals surface area contributed by atoms with Crippen molar-refractivity contribution in [2.45, 2.75) is 125 Å². The first-order chi connectivity index (χ1) is 20.5. The fourth-order valence-corrected chi connectivity index (χ4v) is 4.21. The number of rotatable bonds is 12. The van der Waals surface area contributed by atoms with E-state index in [1.807, 2.05) is 39.0 Å². The molecular formula is C39H61F2NO2. The molecule has 0 heterocycles. The molecule has 3 nitrogen and oxygen atoms in total. The van der Waals surface area contributed by atoms with Gasteiger partial charge in [-0.3, -0.25) is 9.69 Å². The zero-order valence-corrected chi connectivity index (χ0v) is 29.8. The second kappa shape index (κ2) is 22.5. The molecule has 0 aliphatic rings.